The Morgan fingerprint density at radius 1 is 1.17 bits per heavy atom. The van der Waals surface area contributed by atoms with E-state index in [0.29, 0.717) is 19.4 Å². The van der Waals surface area contributed by atoms with Crippen LogP contribution in [0.2, 0.25) is 0 Å². The molecule has 2 aliphatic rings. The fourth-order valence-electron chi connectivity index (χ4n) is 3.55. The summed E-state index contributed by atoms with van der Waals surface area (Å²) in [5.74, 6) is -0.405. The minimum atomic E-state index is -0.681. The number of rotatable bonds is 5. The van der Waals surface area contributed by atoms with Crippen molar-refractivity contribution in [3.8, 4) is 0 Å². The van der Waals surface area contributed by atoms with Crippen molar-refractivity contribution in [1.82, 2.24) is 4.90 Å². The molecule has 0 spiro atoms. The molecule has 1 aliphatic carbocycles. The standard InChI is InChI=1S/C19H26N2O3/c1-20(18(22)15-5-3-6-15)13-14-4-2-7-17(12-14)21-10-8-16(9-11-21)19(23)24/h2,4,7,12,15-16H,3,5-6,8-11,13H2,1H3,(H,23,24). The number of aliphatic carboxylic acids is 1. The summed E-state index contributed by atoms with van der Waals surface area (Å²) in [6.45, 7) is 2.18. The Balaban J connectivity index is 1.60. The average molecular weight is 330 g/mol. The molecule has 1 amide bonds. The molecule has 3 rings (SSSR count). The maximum absolute atomic E-state index is 12.3. The normalized spacial score (nSPS) is 19.0. The zero-order valence-corrected chi connectivity index (χ0v) is 14.3. The highest BCUT2D eigenvalue weighted by molar-refractivity contribution is 5.79. The second-order valence-corrected chi connectivity index (χ2v) is 7.09. The highest BCUT2D eigenvalue weighted by atomic mass is 16.4. The molecule has 1 saturated carbocycles. The van der Waals surface area contributed by atoms with E-state index in [9.17, 15) is 9.59 Å². The first kappa shape index (κ1) is 16.8. The van der Waals surface area contributed by atoms with Crippen LogP contribution in [0.1, 0.15) is 37.7 Å². The van der Waals surface area contributed by atoms with Gasteiger partial charge < -0.3 is 14.9 Å². The van der Waals surface area contributed by atoms with Crippen LogP contribution in [0.5, 0.6) is 0 Å². The number of piperidine rings is 1. The van der Waals surface area contributed by atoms with Crippen LogP contribution in [0.25, 0.3) is 0 Å². The van der Waals surface area contributed by atoms with E-state index in [4.69, 9.17) is 5.11 Å². The van der Waals surface area contributed by atoms with E-state index in [0.717, 1.165) is 37.2 Å². The predicted molar refractivity (Wildman–Crippen MR) is 92.8 cm³/mol. The molecule has 1 aromatic carbocycles. The van der Waals surface area contributed by atoms with Gasteiger partial charge in [-0.2, -0.15) is 0 Å². The summed E-state index contributed by atoms with van der Waals surface area (Å²) in [5.41, 5.74) is 2.25. The average Bonchev–Trinajstić information content (AvgIpc) is 2.53. The molecule has 1 N–H and O–H groups in total. The second-order valence-electron chi connectivity index (χ2n) is 7.09. The number of carbonyl (C=O) groups is 2. The van der Waals surface area contributed by atoms with E-state index in [1.165, 1.54) is 6.42 Å². The monoisotopic (exact) mass is 330 g/mol. The van der Waals surface area contributed by atoms with Crippen molar-refractivity contribution < 1.29 is 14.7 Å². The van der Waals surface area contributed by atoms with E-state index >= 15 is 0 Å². The van der Waals surface area contributed by atoms with Gasteiger partial charge in [0.15, 0.2) is 0 Å². The zero-order valence-electron chi connectivity index (χ0n) is 14.3. The zero-order chi connectivity index (χ0) is 17.1. The van der Waals surface area contributed by atoms with Crippen molar-refractivity contribution in [3.05, 3.63) is 29.8 Å². The van der Waals surface area contributed by atoms with E-state index in [1.54, 1.807) is 0 Å². The van der Waals surface area contributed by atoms with E-state index in [-0.39, 0.29) is 17.7 Å². The van der Waals surface area contributed by atoms with Gasteiger partial charge in [0, 0.05) is 38.3 Å². The van der Waals surface area contributed by atoms with Crippen molar-refractivity contribution in [1.29, 1.82) is 0 Å². The number of benzene rings is 1. The third-order valence-corrected chi connectivity index (χ3v) is 5.37. The summed E-state index contributed by atoms with van der Waals surface area (Å²) in [6, 6.07) is 8.28. The highest BCUT2D eigenvalue weighted by Gasteiger charge is 2.28. The summed E-state index contributed by atoms with van der Waals surface area (Å²) in [6.07, 6.45) is 4.62. The molecule has 5 nitrogen and oxygen atoms in total. The van der Waals surface area contributed by atoms with Crippen molar-refractivity contribution in [2.75, 3.05) is 25.0 Å². The minimum absolute atomic E-state index is 0.212. The number of carbonyl (C=O) groups excluding carboxylic acids is 1. The molecule has 0 radical (unpaired) electrons. The molecule has 2 fully saturated rings. The third-order valence-electron chi connectivity index (χ3n) is 5.37. The van der Waals surface area contributed by atoms with Gasteiger partial charge in [0.25, 0.3) is 0 Å². The molecule has 0 aromatic heterocycles. The van der Waals surface area contributed by atoms with Gasteiger partial charge in [0.2, 0.25) is 5.91 Å². The number of nitrogens with zero attached hydrogens (tertiary/aromatic N) is 2. The highest BCUT2D eigenvalue weighted by Crippen LogP contribution is 2.29. The summed E-state index contributed by atoms with van der Waals surface area (Å²) in [5, 5.41) is 9.10. The number of carboxylic acids is 1. The van der Waals surface area contributed by atoms with Crippen LogP contribution < -0.4 is 4.90 Å². The quantitative estimate of drug-likeness (QED) is 0.902. The minimum Gasteiger partial charge on any atom is -0.481 e. The summed E-state index contributed by atoms with van der Waals surface area (Å²) >= 11 is 0. The lowest BCUT2D eigenvalue weighted by atomic mass is 9.84. The molecule has 0 unspecified atom stereocenters. The Hall–Kier alpha value is -2.04. The van der Waals surface area contributed by atoms with Crippen LogP contribution in [-0.2, 0) is 16.1 Å². The Kier molecular flexibility index (Phi) is 5.07. The van der Waals surface area contributed by atoms with Gasteiger partial charge in [0.05, 0.1) is 5.92 Å². The maximum atomic E-state index is 12.3. The van der Waals surface area contributed by atoms with Gasteiger partial charge in [-0.15, -0.1) is 0 Å². The molecule has 0 atom stereocenters. The molecule has 5 heteroatoms. The van der Waals surface area contributed by atoms with Crippen LogP contribution in [-0.4, -0.2) is 42.0 Å². The Labute approximate surface area is 143 Å². The molecule has 1 aliphatic heterocycles. The summed E-state index contributed by atoms with van der Waals surface area (Å²) in [4.78, 5) is 27.4. The van der Waals surface area contributed by atoms with Gasteiger partial charge >= 0.3 is 5.97 Å². The van der Waals surface area contributed by atoms with Crippen LogP contribution in [0, 0.1) is 11.8 Å². The number of anilines is 1. The van der Waals surface area contributed by atoms with E-state index in [1.807, 2.05) is 18.0 Å². The Bertz CT molecular complexity index is 604. The van der Waals surface area contributed by atoms with Gasteiger partial charge in [-0.3, -0.25) is 9.59 Å². The Morgan fingerprint density at radius 3 is 2.46 bits per heavy atom. The van der Waals surface area contributed by atoms with Gasteiger partial charge in [-0.05, 0) is 43.4 Å². The Morgan fingerprint density at radius 2 is 1.88 bits per heavy atom. The van der Waals surface area contributed by atoms with Crippen molar-refractivity contribution in [2.24, 2.45) is 11.8 Å². The van der Waals surface area contributed by atoms with Gasteiger partial charge in [0.1, 0.15) is 0 Å². The molecular formula is C19H26N2O3. The number of hydrogen-bond acceptors (Lipinski definition) is 3. The molecule has 1 saturated heterocycles. The molecule has 0 bridgehead atoms. The fraction of sp³-hybridized carbons (Fsp3) is 0.579. The number of hydrogen-bond donors (Lipinski definition) is 1. The van der Waals surface area contributed by atoms with E-state index in [2.05, 4.69) is 23.1 Å². The molecular weight excluding hydrogens is 304 g/mol. The molecule has 130 valence electrons. The fourth-order valence-corrected chi connectivity index (χ4v) is 3.55. The molecule has 1 aromatic rings. The first-order valence-corrected chi connectivity index (χ1v) is 8.86. The maximum Gasteiger partial charge on any atom is 0.306 e. The number of carboxylic acid groups (broad SMARTS) is 1. The van der Waals surface area contributed by atoms with Crippen LogP contribution in [0.15, 0.2) is 24.3 Å². The third kappa shape index (κ3) is 3.71. The van der Waals surface area contributed by atoms with Crippen LogP contribution in [0.4, 0.5) is 5.69 Å². The first-order valence-electron chi connectivity index (χ1n) is 8.86. The van der Waals surface area contributed by atoms with Crippen LogP contribution >= 0.6 is 0 Å². The lowest BCUT2D eigenvalue weighted by Crippen LogP contribution is -2.37. The summed E-state index contributed by atoms with van der Waals surface area (Å²) in [7, 11) is 1.88. The predicted octanol–water partition coefficient (Wildman–Crippen LogP) is 2.75. The molecule has 24 heavy (non-hydrogen) atoms. The largest absolute Gasteiger partial charge is 0.481 e. The van der Waals surface area contributed by atoms with Gasteiger partial charge in [-0.25, -0.2) is 0 Å². The van der Waals surface area contributed by atoms with Crippen molar-refractivity contribution in [2.45, 2.75) is 38.6 Å². The lowest BCUT2D eigenvalue weighted by Gasteiger charge is -2.32. The second kappa shape index (κ2) is 7.24. The number of amides is 1. The van der Waals surface area contributed by atoms with Gasteiger partial charge in [-0.1, -0.05) is 18.6 Å². The van der Waals surface area contributed by atoms with Crippen molar-refractivity contribution >= 4 is 17.6 Å². The molecule has 1 heterocycles. The van der Waals surface area contributed by atoms with E-state index < -0.39 is 5.97 Å². The smallest absolute Gasteiger partial charge is 0.306 e. The summed E-state index contributed by atoms with van der Waals surface area (Å²) < 4.78 is 0. The lowest BCUT2D eigenvalue weighted by molar-refractivity contribution is -0.142. The SMILES string of the molecule is CN(Cc1cccc(N2CCC(C(=O)O)CC2)c1)C(=O)C1CCC1. The van der Waals surface area contributed by atoms with Crippen molar-refractivity contribution in [3.63, 3.8) is 0 Å². The van der Waals surface area contributed by atoms with Crippen LogP contribution in [0.3, 0.4) is 0 Å². The first-order chi connectivity index (χ1) is 11.5. The topological polar surface area (TPSA) is 60.9 Å².